The number of hydrogen-bond donors (Lipinski definition) is 2. The first kappa shape index (κ1) is 56.2. The predicted octanol–water partition coefficient (Wildman–Crippen LogP) is -18.5. The first-order chi connectivity index (χ1) is 10.2. The normalized spacial score (nSPS) is 10.0. The van der Waals surface area contributed by atoms with E-state index in [9.17, 15) is 56.9 Å². The van der Waals surface area contributed by atoms with Crippen molar-refractivity contribution in [1.82, 2.24) is 0 Å². The molecule has 30 heavy (non-hydrogen) atoms. The van der Waals surface area contributed by atoms with Crippen LogP contribution in [0, 0.1) is 0 Å². The molecule has 0 amide bonds. The van der Waals surface area contributed by atoms with Crippen molar-refractivity contribution in [2.24, 2.45) is 0 Å². The molecule has 19 nitrogen and oxygen atoms in total. The standard InChI is InChI=1S/5Ca.2HO9Si3.H2O/c;;;;;2*1-10(8-11(2,3)4)9-12(5,6)7;/h;;;;;2*2H;1H2/q5*+2;2*-5;. The maximum absolute atomic E-state index is 10.1. The van der Waals surface area contributed by atoms with Gasteiger partial charge in [-0.2, -0.15) is 0 Å². The Morgan fingerprint density at radius 2 is 0.667 bits per heavy atom. The molecule has 0 fully saturated rings. The molecular weight excluding hydrogens is 673 g/mol. The second kappa shape index (κ2) is 25.2. The fourth-order valence-electron chi connectivity index (χ4n) is 0.456. The van der Waals surface area contributed by atoms with Gasteiger partial charge in [-0.15, -0.1) is 0 Å². The van der Waals surface area contributed by atoms with Gasteiger partial charge >= 0.3 is 207 Å². The number of rotatable bonds is 8. The van der Waals surface area contributed by atoms with E-state index in [0.717, 1.165) is 0 Å². The SMILES string of the molecule is O.O=[Si](O[Si]([O-])([O-])[O-])O[Si]([O-])([O-])O.O=[Si](O[Si]([O-])([O-])[O-])O[Si]([O-])([O-])O.[Ca+2].[Ca+2].[Ca+2].[Ca+2].[Ca+2]. The Labute approximate surface area is 324 Å². The van der Waals surface area contributed by atoms with Gasteiger partial charge in [-0.25, -0.2) is 0 Å². The van der Waals surface area contributed by atoms with Gasteiger partial charge in [0.2, 0.25) is 0 Å². The van der Waals surface area contributed by atoms with Gasteiger partial charge in [0.25, 0.3) is 0 Å². The molecule has 0 aliphatic carbocycles. The smallest absolute Gasteiger partial charge is 0.853 e. The van der Waals surface area contributed by atoms with Crippen molar-refractivity contribution in [3.63, 3.8) is 0 Å². The molecule has 0 aromatic heterocycles. The molecule has 0 aromatic carbocycles. The second-order valence-corrected chi connectivity index (χ2v) is 11.3. The maximum Gasteiger partial charge on any atom is 2.00 e. The molecule has 0 aliphatic rings. The Morgan fingerprint density at radius 1 is 0.500 bits per heavy atom. The monoisotopic (exact) mass is 676 g/mol. The van der Waals surface area contributed by atoms with Gasteiger partial charge in [-0.3, -0.25) is 8.92 Å². The third kappa shape index (κ3) is 54.7. The summed E-state index contributed by atoms with van der Waals surface area (Å²) in [5, 5.41) is 0. The Hall–Kier alpha value is 5.88. The largest absolute Gasteiger partial charge is 2.00 e. The summed E-state index contributed by atoms with van der Waals surface area (Å²) in [6.45, 7) is 0. The van der Waals surface area contributed by atoms with Crippen LogP contribution in [-0.4, -0.2) is 258 Å². The van der Waals surface area contributed by atoms with E-state index in [1.165, 1.54) is 0 Å². The molecule has 0 saturated heterocycles. The van der Waals surface area contributed by atoms with Gasteiger partial charge in [0, 0.05) is 0 Å². The average molecular weight is 677 g/mol. The average Bonchev–Trinajstić information content (AvgIpc) is 2.02. The molecule has 0 spiro atoms. The molecule has 0 radical (unpaired) electrons. The van der Waals surface area contributed by atoms with E-state index in [4.69, 9.17) is 9.59 Å². The first-order valence-corrected chi connectivity index (χ1v) is 13.6. The molecule has 0 atom stereocenters. The zero-order chi connectivity index (χ0) is 20.0. The molecule has 4 N–H and O–H groups in total. The fourth-order valence-corrected chi connectivity index (χ4v) is 4.86. The molecule has 0 bridgehead atoms. The van der Waals surface area contributed by atoms with Crippen LogP contribution in [0.25, 0.3) is 0 Å². The van der Waals surface area contributed by atoms with Crippen molar-refractivity contribution < 1.29 is 88.4 Å². The molecule has 30 heteroatoms. The van der Waals surface area contributed by atoms with Crippen LogP contribution in [0.15, 0.2) is 0 Å². The molecule has 0 aliphatic heterocycles. The summed E-state index contributed by atoms with van der Waals surface area (Å²) in [6, 6.07) is 0. The summed E-state index contributed by atoms with van der Waals surface area (Å²) in [5.41, 5.74) is 0. The van der Waals surface area contributed by atoms with E-state index in [-0.39, 0.29) is 194 Å². The van der Waals surface area contributed by atoms with Crippen molar-refractivity contribution in [3.05, 3.63) is 0 Å². The summed E-state index contributed by atoms with van der Waals surface area (Å²) in [4.78, 5) is 113. The van der Waals surface area contributed by atoms with Crippen molar-refractivity contribution in [2.75, 3.05) is 0 Å². The van der Waals surface area contributed by atoms with Crippen LogP contribution >= 0.6 is 0 Å². The Balaban J connectivity index is -0.0000000448. The van der Waals surface area contributed by atoms with E-state index in [2.05, 4.69) is 16.5 Å². The van der Waals surface area contributed by atoms with E-state index >= 15 is 0 Å². The van der Waals surface area contributed by atoms with Crippen LogP contribution < -0.4 is 48.0 Å². The van der Waals surface area contributed by atoms with E-state index in [0.29, 0.717) is 0 Å². The summed E-state index contributed by atoms with van der Waals surface area (Å²) < 4.78 is 32.7. The van der Waals surface area contributed by atoms with Crippen LogP contribution in [0.1, 0.15) is 0 Å². The van der Waals surface area contributed by atoms with Gasteiger partial charge in [-0.1, -0.05) is 18.1 Å². The summed E-state index contributed by atoms with van der Waals surface area (Å²) in [6.07, 6.45) is 0. The van der Waals surface area contributed by atoms with E-state index < -0.39 is 54.5 Å². The van der Waals surface area contributed by atoms with Crippen molar-refractivity contribution in [1.29, 1.82) is 0 Å². The molecule has 152 valence electrons. The fraction of sp³-hybridized carbons (Fsp3) is 0. The van der Waals surface area contributed by atoms with E-state index in [1.54, 1.807) is 0 Å². The van der Waals surface area contributed by atoms with Crippen LogP contribution in [0.5, 0.6) is 0 Å². The molecule has 0 saturated carbocycles. The molecular formula is H4Ca5O19Si6. The molecule has 0 unspecified atom stereocenters. The van der Waals surface area contributed by atoms with Gasteiger partial charge in [0.05, 0.1) is 0 Å². The maximum atomic E-state index is 10.1. The van der Waals surface area contributed by atoms with Crippen molar-refractivity contribution in [3.8, 4) is 0 Å². The third-order valence-electron chi connectivity index (χ3n) is 0.841. The van der Waals surface area contributed by atoms with Gasteiger partial charge < -0.3 is 79.5 Å². The Kier molecular flexibility index (Phi) is 47.1. The van der Waals surface area contributed by atoms with Crippen LogP contribution in [0.4, 0.5) is 0 Å². The van der Waals surface area contributed by atoms with Crippen LogP contribution in [0.2, 0.25) is 0 Å². The Bertz CT molecular complexity index is 343. The number of hydrogen-bond acceptors (Lipinski definition) is 18. The summed E-state index contributed by atoms with van der Waals surface area (Å²) >= 11 is 0. The van der Waals surface area contributed by atoms with Crippen LogP contribution in [0.3, 0.4) is 0 Å². The minimum Gasteiger partial charge on any atom is -0.853 e. The molecule has 0 aromatic rings. The van der Waals surface area contributed by atoms with E-state index in [1.807, 2.05) is 0 Å². The Morgan fingerprint density at radius 3 is 0.767 bits per heavy atom. The predicted molar refractivity (Wildman–Crippen MR) is 77.1 cm³/mol. The minimum atomic E-state index is -5.83. The zero-order valence-electron chi connectivity index (χ0n) is 14.5. The first-order valence-electron chi connectivity index (χ1n) is 4.53. The second-order valence-electron chi connectivity index (χ2n) is 2.96. The van der Waals surface area contributed by atoms with Crippen molar-refractivity contribution >= 4 is 243 Å². The van der Waals surface area contributed by atoms with Gasteiger partial charge in [-0.05, 0) is 0 Å². The van der Waals surface area contributed by atoms with Gasteiger partial charge in [0.1, 0.15) is 0 Å². The van der Waals surface area contributed by atoms with Crippen LogP contribution in [-0.2, 0) is 25.4 Å². The quantitative estimate of drug-likeness (QED) is 0.225. The molecule has 0 heterocycles. The van der Waals surface area contributed by atoms with Gasteiger partial charge in [0.15, 0.2) is 18.1 Å². The van der Waals surface area contributed by atoms with Crippen molar-refractivity contribution in [2.45, 2.75) is 0 Å². The summed E-state index contributed by atoms with van der Waals surface area (Å²) in [7, 11) is -31.0. The topological polar surface area (TPSA) is 374 Å². The third-order valence-corrected chi connectivity index (χ3v) is 7.57. The zero-order valence-corrected chi connectivity index (χ0v) is 31.5. The minimum absolute atomic E-state index is 0. The summed E-state index contributed by atoms with van der Waals surface area (Å²) in [5.74, 6) is 0. The molecule has 0 rings (SSSR count).